The van der Waals surface area contributed by atoms with Gasteiger partial charge in [0.2, 0.25) is 0 Å². The summed E-state index contributed by atoms with van der Waals surface area (Å²) in [6.45, 7) is 0. The van der Waals surface area contributed by atoms with Crippen LogP contribution in [0.1, 0.15) is 16.1 Å². The number of carboxylic acid groups (broad SMARTS) is 1. The van der Waals surface area contributed by atoms with Crippen LogP contribution in [0.15, 0.2) is 75.0 Å². The number of amidine groups is 1. The van der Waals surface area contributed by atoms with Gasteiger partial charge in [0.05, 0.1) is 21.2 Å². The van der Waals surface area contributed by atoms with E-state index in [1.165, 1.54) is 23.9 Å². The Balaban J connectivity index is 1.57. The highest BCUT2D eigenvalue weighted by Gasteiger charge is 2.24. The van der Waals surface area contributed by atoms with E-state index < -0.39 is 5.97 Å². The van der Waals surface area contributed by atoms with E-state index in [2.05, 4.69) is 10.3 Å². The molecule has 2 N–H and O–H groups in total. The van der Waals surface area contributed by atoms with E-state index >= 15 is 0 Å². The Morgan fingerprint density at radius 1 is 1.14 bits per heavy atom. The summed E-state index contributed by atoms with van der Waals surface area (Å²) in [7, 11) is 0. The Labute approximate surface area is 174 Å². The van der Waals surface area contributed by atoms with Crippen molar-refractivity contribution >= 4 is 52.2 Å². The van der Waals surface area contributed by atoms with Crippen molar-refractivity contribution in [1.29, 1.82) is 0 Å². The molecule has 0 saturated carbocycles. The molecule has 3 aromatic rings. The number of rotatable bonds is 4. The molecule has 144 valence electrons. The van der Waals surface area contributed by atoms with Crippen molar-refractivity contribution in [2.45, 2.75) is 0 Å². The van der Waals surface area contributed by atoms with E-state index in [1.807, 2.05) is 30.3 Å². The Bertz CT molecular complexity index is 1170. The molecule has 0 radical (unpaired) electrons. The molecule has 1 aliphatic rings. The SMILES string of the molecule is O=C1NC(=Nc2ccccc2)S/C1=C/c1ccc(-c2ccc(Cl)c(C(=O)O)c2)o1. The minimum Gasteiger partial charge on any atom is -0.478 e. The molecule has 29 heavy (non-hydrogen) atoms. The van der Waals surface area contributed by atoms with Gasteiger partial charge in [-0.15, -0.1) is 0 Å². The molecule has 0 spiro atoms. The topological polar surface area (TPSA) is 91.9 Å². The van der Waals surface area contributed by atoms with Crippen LogP contribution in [0.3, 0.4) is 0 Å². The highest BCUT2D eigenvalue weighted by Crippen LogP contribution is 2.31. The molecule has 1 amide bonds. The second kappa shape index (κ2) is 7.98. The lowest BCUT2D eigenvalue weighted by molar-refractivity contribution is -0.115. The number of nitrogens with zero attached hydrogens (tertiary/aromatic N) is 1. The van der Waals surface area contributed by atoms with Gasteiger partial charge in [0.1, 0.15) is 11.5 Å². The smallest absolute Gasteiger partial charge is 0.337 e. The maximum absolute atomic E-state index is 12.2. The fraction of sp³-hybridized carbons (Fsp3) is 0. The molecule has 0 aliphatic carbocycles. The minimum atomic E-state index is -1.12. The van der Waals surface area contributed by atoms with Gasteiger partial charge in [0.25, 0.3) is 5.91 Å². The zero-order valence-electron chi connectivity index (χ0n) is 14.8. The summed E-state index contributed by atoms with van der Waals surface area (Å²) in [4.78, 5) is 28.3. The van der Waals surface area contributed by atoms with Crippen LogP contribution in [0, 0.1) is 0 Å². The number of furan rings is 1. The Hall–Kier alpha value is -3.29. The highest BCUT2D eigenvalue weighted by molar-refractivity contribution is 8.18. The molecule has 2 heterocycles. The van der Waals surface area contributed by atoms with E-state index in [0.717, 1.165) is 5.69 Å². The van der Waals surface area contributed by atoms with Crippen LogP contribution >= 0.6 is 23.4 Å². The predicted molar refractivity (Wildman–Crippen MR) is 113 cm³/mol. The quantitative estimate of drug-likeness (QED) is 0.562. The van der Waals surface area contributed by atoms with E-state index in [-0.39, 0.29) is 16.5 Å². The summed E-state index contributed by atoms with van der Waals surface area (Å²) in [5, 5.41) is 12.6. The lowest BCUT2D eigenvalue weighted by Crippen LogP contribution is -2.19. The van der Waals surface area contributed by atoms with E-state index in [0.29, 0.717) is 27.2 Å². The van der Waals surface area contributed by atoms with E-state index in [1.54, 1.807) is 24.3 Å². The number of thioether (sulfide) groups is 1. The van der Waals surface area contributed by atoms with Crippen LogP contribution in [0.4, 0.5) is 5.69 Å². The molecule has 0 unspecified atom stereocenters. The summed E-state index contributed by atoms with van der Waals surface area (Å²) < 4.78 is 5.76. The first-order valence-electron chi connectivity index (χ1n) is 8.47. The summed E-state index contributed by atoms with van der Waals surface area (Å²) in [5.74, 6) is -0.444. The van der Waals surface area contributed by atoms with Gasteiger partial charge in [-0.3, -0.25) is 4.79 Å². The standard InChI is InChI=1S/C21H13ClN2O4S/c22-16-8-6-12(10-15(16)20(26)27)17-9-7-14(28-17)11-18-19(25)24-21(29-18)23-13-4-2-1-3-5-13/h1-11H,(H,26,27)(H,23,24,25)/b18-11+. The van der Waals surface area contributed by atoms with Gasteiger partial charge in [-0.1, -0.05) is 29.8 Å². The van der Waals surface area contributed by atoms with Gasteiger partial charge >= 0.3 is 5.97 Å². The Morgan fingerprint density at radius 2 is 1.93 bits per heavy atom. The van der Waals surface area contributed by atoms with E-state index in [9.17, 15) is 14.7 Å². The number of carbonyl (C=O) groups is 2. The number of halogens is 1. The largest absolute Gasteiger partial charge is 0.478 e. The van der Waals surface area contributed by atoms with Crippen molar-refractivity contribution in [2.75, 3.05) is 0 Å². The zero-order valence-corrected chi connectivity index (χ0v) is 16.3. The second-order valence-electron chi connectivity index (χ2n) is 6.02. The fourth-order valence-corrected chi connectivity index (χ4v) is 3.68. The molecule has 4 rings (SSSR count). The second-order valence-corrected chi connectivity index (χ2v) is 7.46. The van der Waals surface area contributed by atoms with Crippen LogP contribution in [-0.2, 0) is 4.79 Å². The maximum atomic E-state index is 12.2. The number of hydrogen-bond acceptors (Lipinski definition) is 5. The summed E-state index contributed by atoms with van der Waals surface area (Å²) in [5.41, 5.74) is 1.31. The average molecular weight is 425 g/mol. The minimum absolute atomic E-state index is 0.00652. The number of benzene rings is 2. The van der Waals surface area contributed by atoms with Gasteiger partial charge < -0.3 is 14.8 Å². The number of hydrogen-bond donors (Lipinski definition) is 2. The molecular formula is C21H13ClN2O4S. The van der Waals surface area contributed by atoms with Crippen LogP contribution in [0.5, 0.6) is 0 Å². The molecule has 0 atom stereocenters. The monoisotopic (exact) mass is 424 g/mol. The lowest BCUT2D eigenvalue weighted by atomic mass is 10.1. The molecular weight excluding hydrogens is 412 g/mol. The van der Waals surface area contributed by atoms with Crippen molar-refractivity contribution in [3.8, 4) is 11.3 Å². The molecule has 8 heteroatoms. The lowest BCUT2D eigenvalue weighted by Gasteiger charge is -2.02. The molecule has 1 saturated heterocycles. The summed E-state index contributed by atoms with van der Waals surface area (Å²) in [6, 6.07) is 17.4. The number of amides is 1. The van der Waals surface area contributed by atoms with E-state index in [4.69, 9.17) is 16.0 Å². The number of aliphatic imine (C=N–C) groups is 1. The third kappa shape index (κ3) is 4.26. The molecule has 2 aromatic carbocycles. The summed E-state index contributed by atoms with van der Waals surface area (Å²) in [6.07, 6.45) is 1.62. The average Bonchev–Trinajstić information content (AvgIpc) is 3.30. The van der Waals surface area contributed by atoms with Crippen molar-refractivity contribution in [1.82, 2.24) is 5.32 Å². The van der Waals surface area contributed by atoms with Crippen molar-refractivity contribution in [3.05, 3.63) is 81.9 Å². The molecule has 1 fully saturated rings. The van der Waals surface area contributed by atoms with Crippen LogP contribution < -0.4 is 5.32 Å². The van der Waals surface area contributed by atoms with Crippen molar-refractivity contribution < 1.29 is 19.1 Å². The number of aromatic carboxylic acids is 1. The third-order valence-corrected chi connectivity index (χ3v) is 5.26. The number of carbonyl (C=O) groups excluding carboxylic acids is 1. The van der Waals surface area contributed by atoms with Gasteiger partial charge in [0.15, 0.2) is 5.17 Å². The molecule has 0 bridgehead atoms. The van der Waals surface area contributed by atoms with Crippen LogP contribution in [0.25, 0.3) is 17.4 Å². The van der Waals surface area contributed by atoms with Crippen molar-refractivity contribution in [3.63, 3.8) is 0 Å². The summed E-state index contributed by atoms with van der Waals surface area (Å²) >= 11 is 7.12. The number of nitrogens with one attached hydrogen (secondary N) is 1. The zero-order chi connectivity index (χ0) is 20.4. The van der Waals surface area contributed by atoms with Gasteiger partial charge in [-0.25, -0.2) is 9.79 Å². The Morgan fingerprint density at radius 3 is 2.69 bits per heavy atom. The van der Waals surface area contributed by atoms with Gasteiger partial charge in [-0.05, 0) is 54.2 Å². The molecule has 6 nitrogen and oxygen atoms in total. The Kier molecular flexibility index (Phi) is 5.24. The van der Waals surface area contributed by atoms with Crippen LogP contribution in [-0.4, -0.2) is 22.2 Å². The first-order chi connectivity index (χ1) is 14.0. The first kappa shape index (κ1) is 19.0. The molecule has 1 aromatic heterocycles. The van der Waals surface area contributed by atoms with Gasteiger partial charge in [-0.2, -0.15) is 0 Å². The fourth-order valence-electron chi connectivity index (χ4n) is 2.66. The number of carboxylic acids is 1. The van der Waals surface area contributed by atoms with Crippen molar-refractivity contribution in [2.24, 2.45) is 4.99 Å². The number of para-hydroxylation sites is 1. The first-order valence-corrected chi connectivity index (χ1v) is 9.67. The predicted octanol–water partition coefficient (Wildman–Crippen LogP) is 5.19. The van der Waals surface area contributed by atoms with Gasteiger partial charge in [0, 0.05) is 11.6 Å². The highest BCUT2D eigenvalue weighted by atomic mass is 35.5. The van der Waals surface area contributed by atoms with Crippen LogP contribution in [0.2, 0.25) is 5.02 Å². The molecule has 1 aliphatic heterocycles. The normalized spacial score (nSPS) is 16.4. The maximum Gasteiger partial charge on any atom is 0.337 e. The third-order valence-electron chi connectivity index (χ3n) is 4.02.